The standard InChI is InChI=1S/C24H19N3O2S/c1-2-26(24-25-18-11-5-8-14-21(18)30-24)22(28)15-27-19-12-6-3-9-16(19)23(29)17-10-4-7-13-20(17)27/h3-14H,2,15H2,1H3. The Morgan fingerprint density at radius 3 is 2.17 bits per heavy atom. The summed E-state index contributed by atoms with van der Waals surface area (Å²) in [7, 11) is 0. The number of rotatable bonds is 4. The van der Waals surface area contributed by atoms with Gasteiger partial charge in [-0.3, -0.25) is 14.5 Å². The minimum absolute atomic E-state index is 0.0107. The largest absolute Gasteiger partial charge is 0.331 e. The molecule has 6 heteroatoms. The van der Waals surface area contributed by atoms with E-state index in [1.165, 1.54) is 11.3 Å². The summed E-state index contributed by atoms with van der Waals surface area (Å²) >= 11 is 1.51. The molecule has 148 valence electrons. The monoisotopic (exact) mass is 413 g/mol. The van der Waals surface area contributed by atoms with Crippen molar-refractivity contribution in [1.29, 1.82) is 0 Å². The van der Waals surface area contributed by atoms with E-state index < -0.39 is 0 Å². The molecular weight excluding hydrogens is 394 g/mol. The molecule has 0 spiro atoms. The van der Waals surface area contributed by atoms with E-state index in [0.717, 1.165) is 21.3 Å². The zero-order chi connectivity index (χ0) is 20.7. The normalized spacial score (nSPS) is 11.4. The van der Waals surface area contributed by atoms with Gasteiger partial charge in [0.15, 0.2) is 10.6 Å². The Balaban J connectivity index is 1.62. The fourth-order valence-electron chi connectivity index (χ4n) is 3.86. The Bertz CT molecular complexity index is 1380. The average Bonchev–Trinajstić information content (AvgIpc) is 3.21. The highest BCUT2D eigenvalue weighted by atomic mass is 32.1. The lowest BCUT2D eigenvalue weighted by Gasteiger charge is -2.21. The van der Waals surface area contributed by atoms with E-state index in [1.807, 2.05) is 84.3 Å². The van der Waals surface area contributed by atoms with Gasteiger partial charge in [-0.1, -0.05) is 47.7 Å². The van der Waals surface area contributed by atoms with Crippen molar-refractivity contribution >= 4 is 54.4 Å². The Kier molecular flexibility index (Phi) is 4.56. The minimum Gasteiger partial charge on any atom is -0.331 e. The molecule has 2 heterocycles. The SMILES string of the molecule is CCN(C(=O)Cn1c2ccccc2c(=O)c2ccccc21)c1nc2ccccc2s1. The molecule has 0 aliphatic heterocycles. The first-order valence-electron chi connectivity index (χ1n) is 9.83. The zero-order valence-corrected chi connectivity index (χ0v) is 17.2. The number of carbonyl (C=O) groups is 1. The second-order valence-electron chi connectivity index (χ2n) is 7.05. The summed E-state index contributed by atoms with van der Waals surface area (Å²) in [5.74, 6) is -0.0597. The van der Waals surface area contributed by atoms with Crippen LogP contribution in [0, 0.1) is 0 Å². The van der Waals surface area contributed by atoms with E-state index in [2.05, 4.69) is 4.98 Å². The quantitative estimate of drug-likeness (QED) is 0.397. The average molecular weight is 414 g/mol. The molecule has 0 saturated heterocycles. The fourth-order valence-corrected chi connectivity index (χ4v) is 4.91. The number of pyridine rings is 1. The van der Waals surface area contributed by atoms with Crippen molar-refractivity contribution in [3.63, 3.8) is 0 Å². The molecule has 0 radical (unpaired) electrons. The molecule has 5 nitrogen and oxygen atoms in total. The van der Waals surface area contributed by atoms with E-state index in [0.29, 0.717) is 22.4 Å². The first kappa shape index (κ1) is 18.5. The molecule has 5 rings (SSSR count). The van der Waals surface area contributed by atoms with Gasteiger partial charge in [-0.05, 0) is 43.3 Å². The van der Waals surface area contributed by atoms with Crippen molar-refractivity contribution in [1.82, 2.24) is 9.55 Å². The molecule has 0 unspecified atom stereocenters. The van der Waals surface area contributed by atoms with Crippen molar-refractivity contribution in [3.8, 4) is 0 Å². The number of anilines is 1. The lowest BCUT2D eigenvalue weighted by Crippen LogP contribution is -2.34. The minimum atomic E-state index is -0.0597. The van der Waals surface area contributed by atoms with Crippen LogP contribution in [0.3, 0.4) is 0 Å². The molecule has 1 amide bonds. The first-order valence-corrected chi connectivity index (χ1v) is 10.6. The second kappa shape index (κ2) is 7.39. The highest BCUT2D eigenvalue weighted by Crippen LogP contribution is 2.29. The van der Waals surface area contributed by atoms with E-state index in [4.69, 9.17) is 0 Å². The zero-order valence-electron chi connectivity index (χ0n) is 16.4. The molecule has 0 saturated carbocycles. The Labute approximate surface area is 176 Å². The van der Waals surface area contributed by atoms with Gasteiger partial charge in [0, 0.05) is 17.3 Å². The molecule has 5 aromatic rings. The highest BCUT2D eigenvalue weighted by Gasteiger charge is 2.20. The molecule has 30 heavy (non-hydrogen) atoms. The predicted molar refractivity (Wildman–Crippen MR) is 123 cm³/mol. The number of benzene rings is 3. The van der Waals surface area contributed by atoms with Crippen LogP contribution in [-0.2, 0) is 11.3 Å². The third-order valence-electron chi connectivity index (χ3n) is 5.30. The van der Waals surface area contributed by atoms with E-state index in [-0.39, 0.29) is 17.9 Å². The number of hydrogen-bond donors (Lipinski definition) is 0. The van der Waals surface area contributed by atoms with Gasteiger partial charge in [-0.2, -0.15) is 0 Å². The van der Waals surface area contributed by atoms with Crippen LogP contribution in [0.25, 0.3) is 32.0 Å². The summed E-state index contributed by atoms with van der Waals surface area (Å²) < 4.78 is 2.99. The maximum Gasteiger partial charge on any atom is 0.248 e. The maximum absolute atomic E-state index is 13.4. The van der Waals surface area contributed by atoms with Crippen molar-refractivity contribution in [2.45, 2.75) is 13.5 Å². The van der Waals surface area contributed by atoms with Crippen LogP contribution < -0.4 is 10.3 Å². The Morgan fingerprint density at radius 1 is 0.933 bits per heavy atom. The molecule has 0 atom stereocenters. The number of nitrogens with zero attached hydrogens (tertiary/aromatic N) is 3. The van der Waals surface area contributed by atoms with Crippen LogP contribution >= 0.6 is 11.3 Å². The van der Waals surface area contributed by atoms with Gasteiger partial charge in [0.05, 0.1) is 21.3 Å². The van der Waals surface area contributed by atoms with Crippen molar-refractivity contribution in [2.75, 3.05) is 11.4 Å². The van der Waals surface area contributed by atoms with Crippen LogP contribution in [0.5, 0.6) is 0 Å². The molecule has 0 bridgehead atoms. The summed E-state index contributed by atoms with van der Waals surface area (Å²) in [5, 5.41) is 1.93. The summed E-state index contributed by atoms with van der Waals surface area (Å²) in [5.41, 5.74) is 2.40. The number of amides is 1. The number of para-hydroxylation sites is 3. The lowest BCUT2D eigenvalue weighted by atomic mass is 10.1. The van der Waals surface area contributed by atoms with Crippen molar-refractivity contribution in [3.05, 3.63) is 83.0 Å². The lowest BCUT2D eigenvalue weighted by molar-refractivity contribution is -0.119. The topological polar surface area (TPSA) is 55.2 Å². The van der Waals surface area contributed by atoms with Crippen LogP contribution in [0.4, 0.5) is 5.13 Å². The second-order valence-corrected chi connectivity index (χ2v) is 8.06. The Hall–Kier alpha value is -3.51. The van der Waals surface area contributed by atoms with Gasteiger partial charge in [-0.15, -0.1) is 0 Å². The predicted octanol–water partition coefficient (Wildman–Crippen LogP) is 4.82. The van der Waals surface area contributed by atoms with Gasteiger partial charge < -0.3 is 4.57 Å². The summed E-state index contributed by atoms with van der Waals surface area (Å²) in [6, 6.07) is 22.8. The number of thiazole rings is 1. The smallest absolute Gasteiger partial charge is 0.248 e. The third-order valence-corrected chi connectivity index (χ3v) is 6.36. The van der Waals surface area contributed by atoms with Gasteiger partial charge in [0.25, 0.3) is 0 Å². The summed E-state index contributed by atoms with van der Waals surface area (Å²) in [6.07, 6.45) is 0. The van der Waals surface area contributed by atoms with E-state index in [9.17, 15) is 9.59 Å². The summed E-state index contributed by atoms with van der Waals surface area (Å²) in [6.45, 7) is 2.60. The molecule has 0 N–H and O–H groups in total. The van der Waals surface area contributed by atoms with Crippen LogP contribution in [0.2, 0.25) is 0 Å². The fraction of sp³-hybridized carbons (Fsp3) is 0.125. The van der Waals surface area contributed by atoms with Crippen LogP contribution in [-0.4, -0.2) is 22.0 Å². The van der Waals surface area contributed by atoms with Crippen molar-refractivity contribution in [2.24, 2.45) is 0 Å². The first-order chi connectivity index (χ1) is 14.7. The molecular formula is C24H19N3O2S. The Morgan fingerprint density at radius 2 is 1.53 bits per heavy atom. The van der Waals surface area contributed by atoms with E-state index in [1.54, 1.807) is 4.90 Å². The van der Waals surface area contributed by atoms with Gasteiger partial charge >= 0.3 is 0 Å². The number of carbonyl (C=O) groups excluding carboxylic acids is 1. The van der Waals surface area contributed by atoms with Gasteiger partial charge in [-0.25, -0.2) is 4.98 Å². The number of likely N-dealkylation sites (N-methyl/N-ethyl adjacent to an activating group) is 1. The van der Waals surface area contributed by atoms with E-state index >= 15 is 0 Å². The van der Waals surface area contributed by atoms with Crippen molar-refractivity contribution < 1.29 is 4.79 Å². The molecule has 0 aliphatic carbocycles. The molecule has 2 aromatic heterocycles. The molecule has 0 aliphatic rings. The maximum atomic E-state index is 13.4. The van der Waals surface area contributed by atoms with Crippen LogP contribution in [0.15, 0.2) is 77.6 Å². The van der Waals surface area contributed by atoms with Crippen LogP contribution in [0.1, 0.15) is 6.92 Å². The molecule has 3 aromatic carbocycles. The number of hydrogen-bond acceptors (Lipinski definition) is 4. The third kappa shape index (κ3) is 2.97. The number of fused-ring (bicyclic) bond motifs is 3. The molecule has 0 fully saturated rings. The summed E-state index contributed by atoms with van der Waals surface area (Å²) in [4.78, 5) is 32.7. The van der Waals surface area contributed by atoms with Gasteiger partial charge in [0.2, 0.25) is 5.91 Å². The number of aromatic nitrogens is 2. The highest BCUT2D eigenvalue weighted by molar-refractivity contribution is 7.22. The van der Waals surface area contributed by atoms with Gasteiger partial charge in [0.1, 0.15) is 6.54 Å².